The van der Waals surface area contributed by atoms with Crippen LogP contribution in [-0.2, 0) is 9.63 Å². The van der Waals surface area contributed by atoms with E-state index in [-0.39, 0.29) is 6.54 Å². The highest BCUT2D eigenvalue weighted by molar-refractivity contribution is 5.98. The molecule has 0 aliphatic carbocycles. The van der Waals surface area contributed by atoms with Crippen LogP contribution in [0.1, 0.15) is 29.8 Å². The largest absolute Gasteiger partial charge is 0.431 e. The minimum Gasteiger partial charge on any atom is -0.320 e. The van der Waals surface area contributed by atoms with E-state index in [0.717, 1.165) is 5.06 Å². The van der Waals surface area contributed by atoms with E-state index in [2.05, 4.69) is 5.32 Å². The smallest absolute Gasteiger partial charge is 0.320 e. The zero-order valence-corrected chi connectivity index (χ0v) is 12.0. The van der Waals surface area contributed by atoms with Crippen molar-refractivity contribution in [2.75, 3.05) is 13.1 Å². The molecule has 0 atom stereocenters. The molecule has 0 bridgehead atoms. The first kappa shape index (κ1) is 16.4. The molecule has 0 fully saturated rings. The van der Waals surface area contributed by atoms with E-state index < -0.39 is 12.0 Å². The fourth-order valence-electron chi connectivity index (χ4n) is 1.64. The number of carbonyl (C=O) groups excluding carboxylic acids is 3. The summed E-state index contributed by atoms with van der Waals surface area (Å²) in [6.45, 7) is 4.06. The quantitative estimate of drug-likeness (QED) is 0.511. The summed E-state index contributed by atoms with van der Waals surface area (Å²) in [5.74, 6) is -0.449. The van der Waals surface area contributed by atoms with E-state index in [1.807, 2.05) is 0 Å². The number of nitrogens with zero attached hydrogens (tertiary/aromatic N) is 1. The van der Waals surface area contributed by atoms with E-state index in [0.29, 0.717) is 24.0 Å². The van der Waals surface area contributed by atoms with Crippen molar-refractivity contribution in [3.8, 4) is 0 Å². The first-order valence-electron chi connectivity index (χ1n) is 6.62. The first-order valence-corrected chi connectivity index (χ1v) is 6.62. The number of aldehydes is 1. The molecule has 0 heterocycles. The molecule has 0 saturated carbocycles. The molecule has 0 saturated heterocycles. The van der Waals surface area contributed by atoms with Crippen LogP contribution in [0.25, 0.3) is 6.08 Å². The van der Waals surface area contributed by atoms with E-state index in [1.165, 1.54) is 12.2 Å². The topological polar surface area (TPSA) is 75.7 Å². The molecule has 1 rings (SSSR count). The monoisotopic (exact) mass is 290 g/mol. The number of carbonyl (C=O) groups is 3. The maximum absolute atomic E-state index is 12.4. The summed E-state index contributed by atoms with van der Waals surface area (Å²) in [5, 5.41) is 3.42. The summed E-state index contributed by atoms with van der Waals surface area (Å²) in [6.07, 6.45) is 2.77. The van der Waals surface area contributed by atoms with Crippen molar-refractivity contribution in [2.24, 2.45) is 0 Å². The molecule has 0 aliphatic heterocycles. The van der Waals surface area contributed by atoms with Gasteiger partial charge in [-0.15, -0.1) is 0 Å². The Labute approximate surface area is 123 Å². The van der Waals surface area contributed by atoms with Crippen LogP contribution in [0.15, 0.2) is 30.3 Å². The SMILES string of the molecule is CCNC(=O)ON(CC)C(=O)c1ccccc1/C=C/C=O. The third-order valence-corrected chi connectivity index (χ3v) is 2.57. The average Bonchev–Trinajstić information content (AvgIpc) is 2.50. The van der Waals surface area contributed by atoms with Crippen LogP contribution in [0.3, 0.4) is 0 Å². The van der Waals surface area contributed by atoms with Gasteiger partial charge in [-0.3, -0.25) is 9.59 Å². The number of hydrogen-bond acceptors (Lipinski definition) is 4. The molecule has 1 N–H and O–H groups in total. The predicted octanol–water partition coefficient (Wildman–Crippen LogP) is 2.02. The lowest BCUT2D eigenvalue weighted by molar-refractivity contribution is -0.104. The minimum absolute atomic E-state index is 0.210. The first-order chi connectivity index (χ1) is 10.1. The van der Waals surface area contributed by atoms with Gasteiger partial charge >= 0.3 is 6.09 Å². The van der Waals surface area contributed by atoms with Crippen LogP contribution in [0.5, 0.6) is 0 Å². The van der Waals surface area contributed by atoms with Gasteiger partial charge in [0.05, 0.1) is 6.54 Å². The molecule has 0 aliphatic rings. The van der Waals surface area contributed by atoms with E-state index in [9.17, 15) is 14.4 Å². The van der Waals surface area contributed by atoms with Crippen molar-refractivity contribution in [1.82, 2.24) is 10.4 Å². The van der Waals surface area contributed by atoms with Crippen molar-refractivity contribution in [3.63, 3.8) is 0 Å². The van der Waals surface area contributed by atoms with Gasteiger partial charge in [0.1, 0.15) is 6.29 Å². The number of nitrogens with one attached hydrogen (secondary N) is 1. The van der Waals surface area contributed by atoms with Gasteiger partial charge in [0, 0.05) is 12.1 Å². The number of benzene rings is 1. The normalized spacial score (nSPS) is 10.2. The molecular weight excluding hydrogens is 272 g/mol. The van der Waals surface area contributed by atoms with Crippen LogP contribution in [0.4, 0.5) is 4.79 Å². The maximum atomic E-state index is 12.4. The molecule has 21 heavy (non-hydrogen) atoms. The highest BCUT2D eigenvalue weighted by Crippen LogP contribution is 2.14. The van der Waals surface area contributed by atoms with Crippen LogP contribution >= 0.6 is 0 Å². The molecule has 0 unspecified atom stereocenters. The maximum Gasteiger partial charge on any atom is 0.431 e. The Kier molecular flexibility index (Phi) is 6.67. The summed E-state index contributed by atoms with van der Waals surface area (Å²) >= 11 is 0. The zero-order valence-electron chi connectivity index (χ0n) is 12.0. The molecule has 1 aromatic carbocycles. The van der Waals surface area contributed by atoms with Crippen LogP contribution in [0.2, 0.25) is 0 Å². The molecule has 112 valence electrons. The molecule has 0 aromatic heterocycles. The third-order valence-electron chi connectivity index (χ3n) is 2.57. The van der Waals surface area contributed by atoms with Crippen molar-refractivity contribution in [2.45, 2.75) is 13.8 Å². The second-order valence-electron chi connectivity index (χ2n) is 3.99. The van der Waals surface area contributed by atoms with Gasteiger partial charge in [-0.1, -0.05) is 24.3 Å². The second-order valence-corrected chi connectivity index (χ2v) is 3.99. The van der Waals surface area contributed by atoms with Crippen LogP contribution < -0.4 is 5.32 Å². The Hall–Kier alpha value is -2.63. The lowest BCUT2D eigenvalue weighted by Crippen LogP contribution is -2.38. The highest BCUT2D eigenvalue weighted by Gasteiger charge is 2.20. The Morgan fingerprint density at radius 3 is 2.62 bits per heavy atom. The summed E-state index contributed by atoms with van der Waals surface area (Å²) in [6, 6.07) is 6.76. The second kappa shape index (κ2) is 8.52. The number of allylic oxidation sites excluding steroid dienone is 1. The minimum atomic E-state index is -0.686. The standard InChI is InChI=1S/C15H18N2O4/c1-3-16-15(20)21-17(4-2)14(19)13-10-6-5-8-12(13)9-7-11-18/h5-11H,3-4H2,1-2H3,(H,16,20)/b9-7+. The van der Waals surface area contributed by atoms with Gasteiger partial charge in [0.15, 0.2) is 0 Å². The van der Waals surface area contributed by atoms with Crippen molar-refractivity contribution < 1.29 is 19.2 Å². The number of amides is 2. The Balaban J connectivity index is 2.97. The lowest BCUT2D eigenvalue weighted by Gasteiger charge is -2.20. The summed E-state index contributed by atoms with van der Waals surface area (Å²) in [7, 11) is 0. The van der Waals surface area contributed by atoms with Crippen molar-refractivity contribution in [1.29, 1.82) is 0 Å². The summed E-state index contributed by atoms with van der Waals surface area (Å²) in [4.78, 5) is 39.2. The fourth-order valence-corrected chi connectivity index (χ4v) is 1.64. The predicted molar refractivity (Wildman–Crippen MR) is 78.4 cm³/mol. The Bertz CT molecular complexity index is 540. The van der Waals surface area contributed by atoms with Crippen molar-refractivity contribution in [3.05, 3.63) is 41.5 Å². The molecule has 1 aromatic rings. The summed E-state index contributed by atoms with van der Waals surface area (Å²) in [5.41, 5.74) is 0.925. The van der Waals surface area contributed by atoms with E-state index in [1.54, 1.807) is 38.1 Å². The molecule has 6 heteroatoms. The zero-order chi connectivity index (χ0) is 15.7. The van der Waals surface area contributed by atoms with Gasteiger partial charge in [-0.05, 0) is 31.6 Å². The lowest BCUT2D eigenvalue weighted by atomic mass is 10.1. The summed E-state index contributed by atoms with van der Waals surface area (Å²) < 4.78 is 0. The van der Waals surface area contributed by atoms with Gasteiger partial charge in [-0.25, -0.2) is 4.79 Å². The Morgan fingerprint density at radius 2 is 2.00 bits per heavy atom. The van der Waals surface area contributed by atoms with Crippen molar-refractivity contribution >= 4 is 24.4 Å². The van der Waals surface area contributed by atoms with Gasteiger partial charge in [0.2, 0.25) is 0 Å². The Morgan fingerprint density at radius 1 is 1.29 bits per heavy atom. The van der Waals surface area contributed by atoms with Gasteiger partial charge in [0.25, 0.3) is 5.91 Å². The van der Waals surface area contributed by atoms with Gasteiger partial charge < -0.3 is 10.2 Å². The number of hydroxylamine groups is 2. The molecule has 2 amide bonds. The highest BCUT2D eigenvalue weighted by atomic mass is 16.7. The van der Waals surface area contributed by atoms with E-state index >= 15 is 0 Å². The molecular formula is C15H18N2O4. The molecule has 0 radical (unpaired) electrons. The fraction of sp³-hybridized carbons (Fsp3) is 0.267. The average molecular weight is 290 g/mol. The van der Waals surface area contributed by atoms with E-state index in [4.69, 9.17) is 4.84 Å². The van der Waals surface area contributed by atoms with Gasteiger partial charge in [-0.2, -0.15) is 5.06 Å². The van der Waals surface area contributed by atoms with Crippen LogP contribution in [0, 0.1) is 0 Å². The number of hydrogen-bond donors (Lipinski definition) is 1. The third kappa shape index (κ3) is 4.76. The van der Waals surface area contributed by atoms with Crippen LogP contribution in [-0.4, -0.2) is 36.4 Å². The molecule has 0 spiro atoms. The molecule has 6 nitrogen and oxygen atoms in total. The number of rotatable bonds is 5.